The van der Waals surface area contributed by atoms with Gasteiger partial charge in [-0.25, -0.2) is 4.39 Å². The average Bonchev–Trinajstić information content (AvgIpc) is 2.62. The van der Waals surface area contributed by atoms with Gasteiger partial charge in [-0.2, -0.15) is 5.06 Å². The lowest BCUT2D eigenvalue weighted by atomic mass is 10.1. The third-order valence-corrected chi connectivity index (χ3v) is 2.95. The highest BCUT2D eigenvalue weighted by Crippen LogP contribution is 2.24. The Bertz CT molecular complexity index is 385. The molecule has 1 aromatic carbocycles. The molecule has 17 heavy (non-hydrogen) atoms. The fraction of sp³-hybridized carbons (Fsp3) is 0.538. The summed E-state index contributed by atoms with van der Waals surface area (Å²) in [6, 6.07) is 6.66. The molecule has 0 aromatic heterocycles. The van der Waals surface area contributed by atoms with Crippen molar-refractivity contribution >= 4 is 0 Å². The lowest BCUT2D eigenvalue weighted by Crippen LogP contribution is -2.31. The summed E-state index contributed by atoms with van der Waals surface area (Å²) in [5, 5.41) is 1.81. The van der Waals surface area contributed by atoms with Crippen LogP contribution in [0.2, 0.25) is 0 Å². The lowest BCUT2D eigenvalue weighted by Gasteiger charge is -2.23. The van der Waals surface area contributed by atoms with E-state index in [1.165, 1.54) is 6.07 Å². The highest BCUT2D eigenvalue weighted by atomic mass is 19.1. The zero-order valence-electron chi connectivity index (χ0n) is 10.3. The van der Waals surface area contributed by atoms with Gasteiger partial charge in [0.15, 0.2) is 0 Å². The number of benzene rings is 1. The zero-order valence-corrected chi connectivity index (χ0v) is 10.3. The summed E-state index contributed by atoms with van der Waals surface area (Å²) in [6.45, 7) is 3.68. The van der Waals surface area contributed by atoms with Crippen molar-refractivity contribution in [3.05, 3.63) is 35.6 Å². The van der Waals surface area contributed by atoms with Gasteiger partial charge >= 0.3 is 0 Å². The topological polar surface area (TPSA) is 21.7 Å². The molecule has 0 bridgehead atoms. The van der Waals surface area contributed by atoms with Crippen molar-refractivity contribution in [2.45, 2.75) is 25.6 Å². The van der Waals surface area contributed by atoms with Gasteiger partial charge in [0.05, 0.1) is 13.2 Å². The smallest absolute Gasteiger partial charge is 0.128 e. The maximum Gasteiger partial charge on any atom is 0.128 e. The molecule has 1 atom stereocenters. The van der Waals surface area contributed by atoms with Crippen LogP contribution in [0, 0.1) is 5.82 Å². The van der Waals surface area contributed by atoms with Gasteiger partial charge in [-0.1, -0.05) is 18.2 Å². The Kier molecular flexibility index (Phi) is 3.76. The lowest BCUT2D eigenvalue weighted by molar-refractivity contribution is -0.192. The summed E-state index contributed by atoms with van der Waals surface area (Å²) in [5.41, 5.74) is 0.308. The number of hydroxylamine groups is 2. The Labute approximate surface area is 101 Å². The van der Waals surface area contributed by atoms with Crippen molar-refractivity contribution < 1.29 is 14.0 Å². The number of hydrogen-bond acceptors (Lipinski definition) is 3. The van der Waals surface area contributed by atoms with Gasteiger partial charge in [0.25, 0.3) is 0 Å². The van der Waals surface area contributed by atoms with Gasteiger partial charge in [-0.3, -0.25) is 4.84 Å². The Morgan fingerprint density at radius 2 is 2.24 bits per heavy atom. The van der Waals surface area contributed by atoms with Crippen LogP contribution in [0.3, 0.4) is 0 Å². The first-order valence-corrected chi connectivity index (χ1v) is 5.80. The van der Waals surface area contributed by atoms with Crippen LogP contribution in [0.5, 0.6) is 0 Å². The van der Waals surface area contributed by atoms with Crippen LogP contribution < -0.4 is 0 Å². The molecular weight excluding hydrogens is 221 g/mol. The van der Waals surface area contributed by atoms with E-state index in [1.807, 2.05) is 25.1 Å². The molecule has 0 saturated carbocycles. The van der Waals surface area contributed by atoms with E-state index in [2.05, 4.69) is 0 Å². The van der Waals surface area contributed by atoms with Crippen molar-refractivity contribution in [3.8, 4) is 0 Å². The minimum atomic E-state index is -0.278. The molecule has 0 N–H and O–H groups in total. The van der Waals surface area contributed by atoms with Gasteiger partial charge in [0.1, 0.15) is 11.4 Å². The predicted molar refractivity (Wildman–Crippen MR) is 62.8 cm³/mol. The highest BCUT2D eigenvalue weighted by Gasteiger charge is 2.33. The standard InChI is InChI=1S/C13H18FNO2/c1-13(7-8-15(2)17-13)10-16-9-11-5-3-4-6-12(11)14/h3-6H,7-10H2,1-2H3. The normalized spacial score (nSPS) is 25.4. The second-order valence-corrected chi connectivity index (χ2v) is 4.73. The molecule has 1 aliphatic heterocycles. The summed E-state index contributed by atoms with van der Waals surface area (Å²) in [7, 11) is 1.90. The third-order valence-electron chi connectivity index (χ3n) is 2.95. The van der Waals surface area contributed by atoms with Crippen molar-refractivity contribution in [2.75, 3.05) is 20.2 Å². The second kappa shape index (κ2) is 5.12. The van der Waals surface area contributed by atoms with E-state index in [-0.39, 0.29) is 18.0 Å². The minimum Gasteiger partial charge on any atom is -0.374 e. The van der Waals surface area contributed by atoms with Gasteiger partial charge in [-0.15, -0.1) is 0 Å². The monoisotopic (exact) mass is 239 g/mol. The van der Waals surface area contributed by atoms with Crippen LogP contribution >= 0.6 is 0 Å². The first-order chi connectivity index (χ1) is 8.09. The van der Waals surface area contributed by atoms with Crippen LogP contribution in [0.15, 0.2) is 24.3 Å². The molecule has 3 nitrogen and oxygen atoms in total. The molecule has 1 saturated heterocycles. The summed E-state index contributed by atoms with van der Waals surface area (Å²) in [4.78, 5) is 5.63. The molecule has 4 heteroatoms. The largest absolute Gasteiger partial charge is 0.374 e. The van der Waals surface area contributed by atoms with Crippen LogP contribution in [-0.2, 0) is 16.2 Å². The number of hydrogen-bond donors (Lipinski definition) is 0. The molecule has 2 rings (SSSR count). The number of rotatable bonds is 4. The molecule has 0 radical (unpaired) electrons. The van der Waals surface area contributed by atoms with E-state index in [0.717, 1.165) is 13.0 Å². The first-order valence-electron chi connectivity index (χ1n) is 5.80. The SMILES string of the molecule is CN1CCC(C)(COCc2ccccc2F)O1. The third kappa shape index (κ3) is 3.25. The van der Waals surface area contributed by atoms with Crippen LogP contribution in [-0.4, -0.2) is 30.9 Å². The fourth-order valence-electron chi connectivity index (χ4n) is 1.95. The molecule has 0 spiro atoms. The molecule has 1 aliphatic rings. The maximum atomic E-state index is 13.3. The Morgan fingerprint density at radius 3 is 2.88 bits per heavy atom. The molecule has 1 fully saturated rings. The maximum absolute atomic E-state index is 13.3. The van der Waals surface area contributed by atoms with E-state index in [4.69, 9.17) is 9.57 Å². The molecule has 1 aromatic rings. The van der Waals surface area contributed by atoms with Crippen LogP contribution in [0.25, 0.3) is 0 Å². The number of ether oxygens (including phenoxy) is 1. The Balaban J connectivity index is 1.82. The fourth-order valence-corrected chi connectivity index (χ4v) is 1.95. The van der Waals surface area contributed by atoms with E-state index < -0.39 is 0 Å². The Hall–Kier alpha value is -0.970. The van der Waals surface area contributed by atoms with Gasteiger partial charge in [0.2, 0.25) is 0 Å². The van der Waals surface area contributed by atoms with Crippen LogP contribution in [0.4, 0.5) is 4.39 Å². The predicted octanol–water partition coefficient (Wildman–Crippen LogP) is 2.37. The number of halogens is 1. The van der Waals surface area contributed by atoms with Gasteiger partial charge < -0.3 is 4.74 Å². The summed E-state index contributed by atoms with van der Waals surface area (Å²) in [5.74, 6) is -0.220. The molecule has 1 heterocycles. The molecule has 0 amide bonds. The number of nitrogens with zero attached hydrogens (tertiary/aromatic N) is 1. The average molecular weight is 239 g/mol. The zero-order chi connectivity index (χ0) is 12.3. The van der Waals surface area contributed by atoms with Crippen molar-refractivity contribution in [2.24, 2.45) is 0 Å². The van der Waals surface area contributed by atoms with Crippen molar-refractivity contribution in [3.63, 3.8) is 0 Å². The molecule has 1 unspecified atom stereocenters. The highest BCUT2D eigenvalue weighted by molar-refractivity contribution is 5.16. The quantitative estimate of drug-likeness (QED) is 0.805. The van der Waals surface area contributed by atoms with Crippen molar-refractivity contribution in [1.82, 2.24) is 5.06 Å². The van der Waals surface area contributed by atoms with E-state index in [0.29, 0.717) is 12.2 Å². The Morgan fingerprint density at radius 1 is 1.47 bits per heavy atom. The van der Waals surface area contributed by atoms with E-state index in [9.17, 15) is 4.39 Å². The summed E-state index contributed by atoms with van der Waals surface area (Å²) < 4.78 is 18.9. The summed E-state index contributed by atoms with van der Waals surface area (Å²) >= 11 is 0. The van der Waals surface area contributed by atoms with Crippen molar-refractivity contribution in [1.29, 1.82) is 0 Å². The first kappa shape index (κ1) is 12.5. The van der Waals surface area contributed by atoms with Gasteiger partial charge in [0, 0.05) is 19.2 Å². The molecule has 0 aliphatic carbocycles. The summed E-state index contributed by atoms with van der Waals surface area (Å²) in [6.07, 6.45) is 0.931. The molecular formula is C13H18FNO2. The van der Waals surface area contributed by atoms with E-state index >= 15 is 0 Å². The second-order valence-electron chi connectivity index (χ2n) is 4.73. The molecule has 94 valence electrons. The minimum absolute atomic E-state index is 0.220. The van der Waals surface area contributed by atoms with Gasteiger partial charge in [-0.05, 0) is 19.4 Å². The van der Waals surface area contributed by atoms with Crippen LogP contribution in [0.1, 0.15) is 18.9 Å². The van der Waals surface area contributed by atoms with E-state index in [1.54, 1.807) is 12.1 Å².